The highest BCUT2D eigenvalue weighted by molar-refractivity contribution is 6.17. The maximum absolute atomic E-state index is 12.1. The quantitative estimate of drug-likeness (QED) is 0.200. The van der Waals surface area contributed by atoms with Gasteiger partial charge >= 0.3 is 0 Å². The number of para-hydroxylation sites is 2. The number of anilines is 1. The van der Waals surface area contributed by atoms with E-state index in [1.165, 1.54) is 18.4 Å². The average Bonchev–Trinajstić information content (AvgIpc) is 3.94. The minimum Gasteiger partial charge on any atom is -0.494 e. The number of rotatable bonds is 5. The van der Waals surface area contributed by atoms with Crippen molar-refractivity contribution in [3.05, 3.63) is 53.6 Å². The number of hydrogen-bond acceptors (Lipinski definition) is 10. The molecule has 0 amide bonds. The molecule has 2 atom stereocenters. The van der Waals surface area contributed by atoms with Gasteiger partial charge in [-0.05, 0) is 56.5 Å². The molecule has 47 heavy (non-hydrogen) atoms. The Labute approximate surface area is 270 Å². The fourth-order valence-electron chi connectivity index (χ4n) is 8.69. The molecule has 3 aromatic heterocycles. The molecule has 2 bridgehead atoms. The maximum atomic E-state index is 12.1. The molecule has 11 rings (SSSR count). The Morgan fingerprint density at radius 3 is 2.57 bits per heavy atom. The second kappa shape index (κ2) is 10.8. The van der Waals surface area contributed by atoms with Crippen LogP contribution in [0.3, 0.4) is 0 Å². The number of hydrogen-bond donors (Lipinski definition) is 4. The zero-order chi connectivity index (χ0) is 31.1. The average molecular weight is 633 g/mol. The number of ether oxygens (including phenoxy) is 2. The summed E-state index contributed by atoms with van der Waals surface area (Å²) in [6, 6.07) is 14.1. The lowest BCUT2D eigenvalue weighted by molar-refractivity contribution is 0.0494. The molecule has 240 valence electrons. The minimum absolute atomic E-state index is 0.0650. The Kier molecular flexibility index (Phi) is 6.33. The number of aromatic hydroxyl groups is 1. The zero-order valence-electron chi connectivity index (χ0n) is 26.0. The summed E-state index contributed by atoms with van der Waals surface area (Å²) < 4.78 is 18.3. The first-order valence-corrected chi connectivity index (χ1v) is 16.8. The van der Waals surface area contributed by atoms with E-state index in [1.807, 2.05) is 36.4 Å². The summed E-state index contributed by atoms with van der Waals surface area (Å²) in [5, 5.41) is 34.0. The van der Waals surface area contributed by atoms with Crippen molar-refractivity contribution in [2.75, 3.05) is 57.4 Å². The van der Waals surface area contributed by atoms with Crippen molar-refractivity contribution >= 4 is 38.6 Å². The highest BCUT2D eigenvalue weighted by atomic mass is 16.5. The number of nitrogens with zero attached hydrogens (tertiary/aromatic N) is 5. The van der Waals surface area contributed by atoms with E-state index in [9.17, 15) is 5.11 Å². The minimum atomic E-state index is -0.372. The summed E-state index contributed by atoms with van der Waals surface area (Å²) in [5.74, 6) is 0.739. The number of H-pyrrole nitrogens is 2. The molecule has 12 nitrogen and oxygen atoms in total. The van der Waals surface area contributed by atoms with Crippen LogP contribution >= 0.6 is 0 Å². The van der Waals surface area contributed by atoms with Gasteiger partial charge in [0.15, 0.2) is 11.5 Å². The van der Waals surface area contributed by atoms with Crippen LogP contribution in [0.4, 0.5) is 5.69 Å². The lowest BCUT2D eigenvalue weighted by Gasteiger charge is -2.47. The van der Waals surface area contributed by atoms with Crippen molar-refractivity contribution in [1.82, 2.24) is 35.8 Å². The summed E-state index contributed by atoms with van der Waals surface area (Å²) in [6.45, 7) is 6.29. The molecule has 0 spiro atoms. The van der Waals surface area contributed by atoms with Crippen molar-refractivity contribution in [2.24, 2.45) is 5.92 Å². The largest absolute Gasteiger partial charge is 0.494 e. The van der Waals surface area contributed by atoms with Crippen LogP contribution in [0.2, 0.25) is 0 Å². The van der Waals surface area contributed by atoms with Crippen LogP contribution in [0.1, 0.15) is 42.7 Å². The van der Waals surface area contributed by atoms with Gasteiger partial charge in [-0.25, -0.2) is 0 Å². The molecule has 12 heteroatoms. The van der Waals surface area contributed by atoms with Crippen molar-refractivity contribution in [2.45, 2.75) is 31.5 Å². The highest BCUT2D eigenvalue weighted by Crippen LogP contribution is 2.56. The molecule has 8 heterocycles. The first-order chi connectivity index (χ1) is 23.2. The molecule has 0 saturated carbocycles. The van der Waals surface area contributed by atoms with Gasteiger partial charge < -0.3 is 29.0 Å². The van der Waals surface area contributed by atoms with Gasteiger partial charge in [-0.2, -0.15) is 15.4 Å². The van der Waals surface area contributed by atoms with E-state index >= 15 is 0 Å². The fraction of sp³-hybridized carbons (Fsp3) is 0.400. The van der Waals surface area contributed by atoms with E-state index in [4.69, 9.17) is 14.0 Å². The van der Waals surface area contributed by atoms with E-state index < -0.39 is 0 Å². The Bertz CT molecular complexity index is 2130. The summed E-state index contributed by atoms with van der Waals surface area (Å²) >= 11 is 0. The summed E-state index contributed by atoms with van der Waals surface area (Å²) in [6.07, 6.45) is 3.16. The molecule has 5 saturated heterocycles. The molecular formula is C35H36N8O4. The second-order valence-electron chi connectivity index (χ2n) is 13.2. The molecule has 5 aliphatic heterocycles. The number of fused-ring (bicyclic) bond motifs is 6. The van der Waals surface area contributed by atoms with Crippen LogP contribution in [-0.4, -0.2) is 88.1 Å². The van der Waals surface area contributed by atoms with Crippen LogP contribution in [-0.2, 0) is 9.47 Å². The van der Waals surface area contributed by atoms with E-state index in [-0.39, 0.29) is 18.1 Å². The van der Waals surface area contributed by atoms with Crippen LogP contribution < -0.4 is 10.2 Å². The first kappa shape index (κ1) is 27.6. The van der Waals surface area contributed by atoms with Gasteiger partial charge in [-0.3, -0.25) is 10.2 Å². The highest BCUT2D eigenvalue weighted by Gasteiger charge is 2.42. The molecular weight excluding hydrogens is 596 g/mol. The SMILES string of the molecule is Oc1[nH]c2c(C3CC4CCN3CC4)c(N3CCOCC3)c(C3NCCO3)c(-c3cccc4n[nH]nc34)c2c1-c1noc2ccccc12. The topological polar surface area (TPSA) is 141 Å². The van der Waals surface area contributed by atoms with Crippen LogP contribution in [0.15, 0.2) is 47.0 Å². The maximum Gasteiger partial charge on any atom is 0.199 e. The summed E-state index contributed by atoms with van der Waals surface area (Å²) in [4.78, 5) is 8.67. The molecule has 0 aliphatic carbocycles. The number of morpholine rings is 1. The second-order valence-corrected chi connectivity index (χ2v) is 13.2. The van der Waals surface area contributed by atoms with Gasteiger partial charge in [0.25, 0.3) is 0 Å². The third-order valence-electron chi connectivity index (χ3n) is 10.8. The number of benzene rings is 3. The van der Waals surface area contributed by atoms with Crippen molar-refractivity contribution in [1.29, 1.82) is 0 Å². The Morgan fingerprint density at radius 1 is 0.894 bits per heavy atom. The molecule has 2 unspecified atom stereocenters. The lowest BCUT2D eigenvalue weighted by Crippen LogP contribution is -2.45. The van der Waals surface area contributed by atoms with Gasteiger partial charge in [-0.15, -0.1) is 0 Å². The van der Waals surface area contributed by atoms with Crippen LogP contribution in [0.25, 0.3) is 55.3 Å². The van der Waals surface area contributed by atoms with Gasteiger partial charge in [0, 0.05) is 58.7 Å². The van der Waals surface area contributed by atoms with Gasteiger partial charge in [-0.1, -0.05) is 29.4 Å². The Balaban J connectivity index is 1.40. The Hall–Kier alpha value is -4.49. The van der Waals surface area contributed by atoms with Gasteiger partial charge in [0.05, 0.1) is 36.6 Å². The first-order valence-electron chi connectivity index (χ1n) is 16.8. The van der Waals surface area contributed by atoms with Crippen LogP contribution in [0.5, 0.6) is 5.88 Å². The standard InChI is InChI=1S/C35H36N8O4/c44-34-28(31-20-4-1-2-7-24(20)47-40-31)27-25(21-5-3-6-22-30(21)39-41-38-22)29(35-36-10-15-46-35)33(43-13-16-45-17-14-43)26(32(27)37-34)23-18-19-8-11-42(23)12-9-19/h1-7,19,23,35-37,44H,8-18H2,(H,38,39,41). The van der Waals surface area contributed by atoms with Crippen molar-refractivity contribution < 1.29 is 19.1 Å². The van der Waals surface area contributed by atoms with Crippen molar-refractivity contribution in [3.63, 3.8) is 0 Å². The lowest BCUT2D eigenvalue weighted by atomic mass is 9.77. The van der Waals surface area contributed by atoms with E-state index in [1.54, 1.807) is 0 Å². The van der Waals surface area contributed by atoms with Crippen molar-refractivity contribution in [3.8, 4) is 28.3 Å². The van der Waals surface area contributed by atoms with Crippen LogP contribution in [0, 0.1) is 5.92 Å². The van der Waals surface area contributed by atoms with E-state index in [0.29, 0.717) is 42.6 Å². The monoisotopic (exact) mass is 632 g/mol. The fourth-order valence-corrected chi connectivity index (χ4v) is 8.69. The van der Waals surface area contributed by atoms with Gasteiger partial charge in [0.1, 0.15) is 23.0 Å². The Morgan fingerprint density at radius 2 is 1.77 bits per heavy atom. The number of aromatic nitrogens is 5. The third kappa shape index (κ3) is 4.18. The normalized spacial score (nSPS) is 24.7. The number of nitrogens with one attached hydrogen (secondary N) is 3. The number of aromatic amines is 2. The smallest absolute Gasteiger partial charge is 0.199 e. The molecule has 3 aromatic carbocycles. The number of piperidine rings is 3. The molecule has 4 N–H and O–H groups in total. The molecule has 5 fully saturated rings. The third-order valence-corrected chi connectivity index (χ3v) is 10.8. The predicted octanol–water partition coefficient (Wildman–Crippen LogP) is 5.23. The molecule has 5 aliphatic rings. The molecule has 6 aromatic rings. The zero-order valence-corrected chi connectivity index (χ0v) is 26.0. The molecule has 0 radical (unpaired) electrons. The van der Waals surface area contributed by atoms with Gasteiger partial charge in [0.2, 0.25) is 0 Å². The summed E-state index contributed by atoms with van der Waals surface area (Å²) in [7, 11) is 0. The summed E-state index contributed by atoms with van der Waals surface area (Å²) in [5.41, 5.74) is 9.60. The van der Waals surface area contributed by atoms with E-state index in [0.717, 1.165) is 88.8 Å². The predicted molar refractivity (Wildman–Crippen MR) is 177 cm³/mol. The van der Waals surface area contributed by atoms with E-state index in [2.05, 4.69) is 46.7 Å².